The maximum Gasteiger partial charge on any atom is 0.307 e. The lowest BCUT2D eigenvalue weighted by Gasteiger charge is -2.26. The number of halogens is 1. The van der Waals surface area contributed by atoms with Gasteiger partial charge in [0.1, 0.15) is 0 Å². The first-order valence-corrected chi connectivity index (χ1v) is 6.74. The van der Waals surface area contributed by atoms with E-state index in [9.17, 15) is 4.79 Å². The zero-order valence-electron chi connectivity index (χ0n) is 10.4. The fourth-order valence-electron chi connectivity index (χ4n) is 2.36. The minimum atomic E-state index is -0.824. The minimum Gasteiger partial charge on any atom is -0.481 e. The summed E-state index contributed by atoms with van der Waals surface area (Å²) in [5.41, 5.74) is 1.85. The van der Waals surface area contributed by atoms with Crippen LogP contribution in [0, 0.1) is 0 Å². The largest absolute Gasteiger partial charge is 0.481 e. The fourth-order valence-corrected chi connectivity index (χ4v) is 2.62. The van der Waals surface area contributed by atoms with Crippen LogP contribution in [0.2, 0.25) is 5.02 Å². The van der Waals surface area contributed by atoms with Gasteiger partial charge in [-0.1, -0.05) is 30.2 Å². The molecule has 0 amide bonds. The lowest BCUT2D eigenvalue weighted by molar-refractivity contribution is -0.136. The van der Waals surface area contributed by atoms with E-state index < -0.39 is 5.97 Å². The average molecular weight is 268 g/mol. The summed E-state index contributed by atoms with van der Waals surface area (Å²) in [4.78, 5) is 13.0. The van der Waals surface area contributed by atoms with E-state index in [2.05, 4.69) is 4.90 Å². The van der Waals surface area contributed by atoms with Crippen LogP contribution in [0.3, 0.4) is 0 Å². The molecule has 0 atom stereocenters. The molecule has 0 bridgehead atoms. The molecular weight excluding hydrogens is 250 g/mol. The number of likely N-dealkylation sites (tertiary alicyclic amines) is 1. The van der Waals surface area contributed by atoms with E-state index in [0.29, 0.717) is 5.02 Å². The van der Waals surface area contributed by atoms with E-state index in [1.54, 1.807) is 6.07 Å². The summed E-state index contributed by atoms with van der Waals surface area (Å²) in [6.45, 7) is 3.13. The van der Waals surface area contributed by atoms with Gasteiger partial charge in [0.25, 0.3) is 0 Å². The topological polar surface area (TPSA) is 40.5 Å². The van der Waals surface area contributed by atoms with Crippen LogP contribution in [0.5, 0.6) is 0 Å². The molecule has 1 aliphatic rings. The summed E-state index contributed by atoms with van der Waals surface area (Å²) < 4.78 is 0. The molecule has 1 aromatic rings. The molecule has 2 rings (SSSR count). The predicted molar refractivity (Wildman–Crippen MR) is 71.9 cm³/mol. The molecule has 0 spiro atoms. The number of aliphatic carboxylic acids is 1. The summed E-state index contributed by atoms with van der Waals surface area (Å²) >= 11 is 6.21. The number of carboxylic acid groups (broad SMARTS) is 1. The van der Waals surface area contributed by atoms with Gasteiger partial charge in [-0.15, -0.1) is 0 Å². The van der Waals surface area contributed by atoms with E-state index in [1.807, 2.05) is 12.1 Å². The van der Waals surface area contributed by atoms with Crippen molar-refractivity contribution < 1.29 is 9.90 Å². The van der Waals surface area contributed by atoms with Gasteiger partial charge in [0.2, 0.25) is 0 Å². The first-order chi connectivity index (χ1) is 8.65. The van der Waals surface area contributed by atoms with Crippen molar-refractivity contribution in [1.82, 2.24) is 4.90 Å². The van der Waals surface area contributed by atoms with E-state index >= 15 is 0 Å². The molecular formula is C14H18ClNO2. The van der Waals surface area contributed by atoms with E-state index in [0.717, 1.165) is 30.8 Å². The van der Waals surface area contributed by atoms with Crippen molar-refractivity contribution in [3.63, 3.8) is 0 Å². The Bertz CT molecular complexity index is 428. The van der Waals surface area contributed by atoms with E-state index in [4.69, 9.17) is 16.7 Å². The number of carbonyl (C=O) groups is 1. The molecule has 98 valence electrons. The maximum atomic E-state index is 10.6. The Labute approximate surface area is 112 Å². The normalized spacial score (nSPS) is 16.7. The molecule has 1 N–H and O–H groups in total. The van der Waals surface area contributed by atoms with Crippen LogP contribution in [-0.2, 0) is 17.8 Å². The van der Waals surface area contributed by atoms with Gasteiger partial charge in [-0.05, 0) is 43.1 Å². The van der Waals surface area contributed by atoms with Gasteiger partial charge in [0.15, 0.2) is 0 Å². The molecule has 1 aliphatic heterocycles. The standard InChI is InChI=1S/C14H18ClNO2/c15-13-8-11(9-14(17)18)4-5-12(13)10-16-6-2-1-3-7-16/h4-5,8H,1-3,6-7,9-10H2,(H,17,18). The number of rotatable bonds is 4. The summed E-state index contributed by atoms with van der Waals surface area (Å²) in [6.07, 6.45) is 3.87. The minimum absolute atomic E-state index is 0.0315. The zero-order chi connectivity index (χ0) is 13.0. The highest BCUT2D eigenvalue weighted by Gasteiger charge is 2.12. The molecule has 0 radical (unpaired) electrons. The Morgan fingerprint density at radius 3 is 2.61 bits per heavy atom. The van der Waals surface area contributed by atoms with E-state index in [-0.39, 0.29) is 6.42 Å². The van der Waals surface area contributed by atoms with Gasteiger partial charge in [-0.25, -0.2) is 0 Å². The summed E-state index contributed by atoms with van der Waals surface area (Å²) in [5.74, 6) is -0.824. The van der Waals surface area contributed by atoms with Gasteiger partial charge in [0, 0.05) is 11.6 Å². The van der Waals surface area contributed by atoms with E-state index in [1.165, 1.54) is 19.3 Å². The Morgan fingerprint density at radius 1 is 1.28 bits per heavy atom. The molecule has 3 nitrogen and oxygen atoms in total. The first-order valence-electron chi connectivity index (χ1n) is 6.36. The molecule has 1 saturated heterocycles. The third-order valence-corrected chi connectivity index (χ3v) is 3.67. The van der Waals surface area contributed by atoms with Crippen LogP contribution in [-0.4, -0.2) is 29.1 Å². The van der Waals surface area contributed by atoms with Crippen LogP contribution in [0.4, 0.5) is 0 Å². The Hall–Kier alpha value is -1.06. The summed E-state index contributed by atoms with van der Waals surface area (Å²) in [7, 11) is 0. The molecule has 4 heteroatoms. The molecule has 1 aromatic carbocycles. The highest BCUT2D eigenvalue weighted by Crippen LogP contribution is 2.21. The molecule has 0 saturated carbocycles. The van der Waals surface area contributed by atoms with Crippen LogP contribution in [0.25, 0.3) is 0 Å². The molecule has 1 heterocycles. The number of hydrogen-bond acceptors (Lipinski definition) is 2. The van der Waals surface area contributed by atoms with Crippen molar-refractivity contribution in [3.8, 4) is 0 Å². The summed E-state index contributed by atoms with van der Waals surface area (Å²) in [6, 6.07) is 5.59. The van der Waals surface area contributed by atoms with Gasteiger partial charge in [0.05, 0.1) is 6.42 Å². The maximum absolute atomic E-state index is 10.6. The monoisotopic (exact) mass is 267 g/mol. The number of benzene rings is 1. The smallest absolute Gasteiger partial charge is 0.307 e. The number of nitrogens with zero attached hydrogens (tertiary/aromatic N) is 1. The molecule has 0 aliphatic carbocycles. The van der Waals surface area contributed by atoms with Crippen LogP contribution < -0.4 is 0 Å². The molecule has 1 fully saturated rings. The van der Waals surface area contributed by atoms with Crippen molar-refractivity contribution >= 4 is 17.6 Å². The quantitative estimate of drug-likeness (QED) is 0.912. The second-order valence-electron chi connectivity index (χ2n) is 4.83. The average Bonchev–Trinajstić information content (AvgIpc) is 2.33. The van der Waals surface area contributed by atoms with Crippen LogP contribution in [0.15, 0.2) is 18.2 Å². The number of piperidine rings is 1. The second-order valence-corrected chi connectivity index (χ2v) is 5.24. The van der Waals surface area contributed by atoms with Gasteiger partial charge < -0.3 is 5.11 Å². The van der Waals surface area contributed by atoms with Crippen molar-refractivity contribution in [3.05, 3.63) is 34.3 Å². The van der Waals surface area contributed by atoms with Gasteiger partial charge >= 0.3 is 5.97 Å². The van der Waals surface area contributed by atoms with Crippen molar-refractivity contribution in [2.75, 3.05) is 13.1 Å². The van der Waals surface area contributed by atoms with Crippen LogP contribution >= 0.6 is 11.6 Å². The SMILES string of the molecule is O=C(O)Cc1ccc(CN2CCCCC2)c(Cl)c1. The highest BCUT2D eigenvalue weighted by atomic mass is 35.5. The Balaban J connectivity index is 2.02. The third kappa shape index (κ3) is 3.72. The second kappa shape index (κ2) is 6.21. The van der Waals surface area contributed by atoms with Crippen molar-refractivity contribution in [2.24, 2.45) is 0 Å². The first kappa shape index (κ1) is 13.4. The Kier molecular flexibility index (Phi) is 4.61. The highest BCUT2D eigenvalue weighted by molar-refractivity contribution is 6.31. The number of hydrogen-bond donors (Lipinski definition) is 1. The molecule has 0 unspecified atom stereocenters. The van der Waals surface area contributed by atoms with Crippen molar-refractivity contribution in [1.29, 1.82) is 0 Å². The molecule has 0 aromatic heterocycles. The lowest BCUT2D eigenvalue weighted by Crippen LogP contribution is -2.29. The summed E-state index contributed by atoms with van der Waals surface area (Å²) in [5, 5.41) is 9.42. The molecule has 18 heavy (non-hydrogen) atoms. The third-order valence-electron chi connectivity index (χ3n) is 3.32. The predicted octanol–water partition coefficient (Wildman–Crippen LogP) is 2.95. The number of carboxylic acids is 1. The van der Waals surface area contributed by atoms with Crippen LogP contribution in [0.1, 0.15) is 30.4 Å². The fraction of sp³-hybridized carbons (Fsp3) is 0.500. The lowest BCUT2D eigenvalue weighted by atomic mass is 10.1. The zero-order valence-corrected chi connectivity index (χ0v) is 11.1. The Morgan fingerprint density at radius 2 is 2.00 bits per heavy atom. The van der Waals surface area contributed by atoms with Crippen molar-refractivity contribution in [2.45, 2.75) is 32.2 Å². The van der Waals surface area contributed by atoms with Gasteiger partial charge in [-0.2, -0.15) is 0 Å². The van der Waals surface area contributed by atoms with Gasteiger partial charge in [-0.3, -0.25) is 9.69 Å².